The summed E-state index contributed by atoms with van der Waals surface area (Å²) in [6, 6.07) is 5.83. The number of hydrogen-bond donors (Lipinski definition) is 2. The second-order valence-electron chi connectivity index (χ2n) is 4.58. The fourth-order valence-electron chi connectivity index (χ4n) is 1.76. The van der Waals surface area contributed by atoms with Gasteiger partial charge in [-0.2, -0.15) is 0 Å². The van der Waals surface area contributed by atoms with Gasteiger partial charge in [-0.1, -0.05) is 22.9 Å². The summed E-state index contributed by atoms with van der Waals surface area (Å²) in [6.45, 7) is 8.07. The summed E-state index contributed by atoms with van der Waals surface area (Å²) in [7, 11) is 0. The summed E-state index contributed by atoms with van der Waals surface area (Å²) in [5, 5.41) is 6.11. The van der Waals surface area contributed by atoms with Crippen LogP contribution in [0.25, 0.3) is 0 Å². The van der Waals surface area contributed by atoms with Crippen LogP contribution in [-0.4, -0.2) is 25.1 Å². The van der Waals surface area contributed by atoms with Crippen molar-refractivity contribution in [1.82, 2.24) is 10.6 Å². The van der Waals surface area contributed by atoms with E-state index in [1.165, 1.54) is 0 Å². The van der Waals surface area contributed by atoms with Crippen molar-refractivity contribution in [3.8, 4) is 5.75 Å². The molecule has 0 aliphatic heterocycles. The molecule has 0 spiro atoms. The number of nitrogens with one attached hydrogen (secondary N) is 2. The molecule has 0 fully saturated rings. The van der Waals surface area contributed by atoms with Crippen LogP contribution in [0.4, 0.5) is 0 Å². The highest BCUT2D eigenvalue weighted by atomic mass is 79.9. The SMILES string of the molecule is CCCNCc1cc(Br)ccc1OC(C)C(=O)NCC. The zero-order chi connectivity index (χ0) is 15.0. The van der Waals surface area contributed by atoms with Crippen molar-refractivity contribution >= 4 is 21.8 Å². The van der Waals surface area contributed by atoms with E-state index in [4.69, 9.17) is 4.74 Å². The fraction of sp³-hybridized carbons (Fsp3) is 0.533. The lowest BCUT2D eigenvalue weighted by atomic mass is 10.2. The topological polar surface area (TPSA) is 50.4 Å². The number of ether oxygens (including phenoxy) is 1. The van der Waals surface area contributed by atoms with Gasteiger partial charge in [-0.15, -0.1) is 0 Å². The molecule has 2 N–H and O–H groups in total. The van der Waals surface area contributed by atoms with E-state index >= 15 is 0 Å². The lowest BCUT2D eigenvalue weighted by Crippen LogP contribution is -2.36. The Balaban J connectivity index is 2.74. The van der Waals surface area contributed by atoms with Crippen LogP contribution in [0.15, 0.2) is 22.7 Å². The molecule has 0 aromatic heterocycles. The molecule has 1 aromatic carbocycles. The quantitative estimate of drug-likeness (QED) is 0.714. The minimum Gasteiger partial charge on any atom is -0.481 e. The van der Waals surface area contributed by atoms with Crippen LogP contribution < -0.4 is 15.4 Å². The maximum absolute atomic E-state index is 11.7. The van der Waals surface area contributed by atoms with E-state index < -0.39 is 6.10 Å². The molecule has 1 atom stereocenters. The lowest BCUT2D eigenvalue weighted by Gasteiger charge is -2.17. The Morgan fingerprint density at radius 3 is 2.80 bits per heavy atom. The standard InChI is InChI=1S/C15H23BrN2O2/c1-4-8-17-10-12-9-13(16)6-7-14(12)20-11(3)15(19)18-5-2/h6-7,9,11,17H,4-5,8,10H2,1-3H3,(H,18,19). The van der Waals surface area contributed by atoms with E-state index in [-0.39, 0.29) is 5.91 Å². The van der Waals surface area contributed by atoms with E-state index in [0.29, 0.717) is 6.54 Å². The Hall–Kier alpha value is -1.07. The first kappa shape index (κ1) is 17.0. The highest BCUT2D eigenvalue weighted by Crippen LogP contribution is 2.24. The highest BCUT2D eigenvalue weighted by molar-refractivity contribution is 9.10. The first-order valence-electron chi connectivity index (χ1n) is 7.02. The van der Waals surface area contributed by atoms with Gasteiger partial charge in [0.1, 0.15) is 5.75 Å². The molecule has 0 heterocycles. The van der Waals surface area contributed by atoms with Crippen LogP contribution in [0, 0.1) is 0 Å². The Morgan fingerprint density at radius 1 is 1.40 bits per heavy atom. The molecular weight excluding hydrogens is 320 g/mol. The fourth-order valence-corrected chi connectivity index (χ4v) is 2.17. The predicted molar refractivity (Wildman–Crippen MR) is 84.9 cm³/mol. The van der Waals surface area contributed by atoms with Gasteiger partial charge in [0.15, 0.2) is 6.10 Å². The van der Waals surface area contributed by atoms with Crippen molar-refractivity contribution in [3.05, 3.63) is 28.2 Å². The molecule has 0 radical (unpaired) electrons. The van der Waals surface area contributed by atoms with E-state index in [2.05, 4.69) is 33.5 Å². The monoisotopic (exact) mass is 342 g/mol. The molecule has 0 saturated carbocycles. The van der Waals surface area contributed by atoms with E-state index in [1.807, 2.05) is 25.1 Å². The van der Waals surface area contributed by atoms with Gasteiger partial charge >= 0.3 is 0 Å². The molecule has 0 bridgehead atoms. The Kier molecular flexibility index (Phi) is 7.62. The van der Waals surface area contributed by atoms with Crippen molar-refractivity contribution < 1.29 is 9.53 Å². The van der Waals surface area contributed by atoms with Crippen LogP contribution in [-0.2, 0) is 11.3 Å². The van der Waals surface area contributed by atoms with E-state index in [0.717, 1.165) is 35.3 Å². The van der Waals surface area contributed by atoms with Crippen molar-refractivity contribution in [1.29, 1.82) is 0 Å². The van der Waals surface area contributed by atoms with Gasteiger partial charge in [-0.05, 0) is 45.0 Å². The molecule has 112 valence electrons. The molecule has 1 unspecified atom stereocenters. The van der Waals surface area contributed by atoms with Crippen LogP contribution in [0.2, 0.25) is 0 Å². The molecule has 5 heteroatoms. The van der Waals surface area contributed by atoms with Crippen LogP contribution in [0.5, 0.6) is 5.75 Å². The smallest absolute Gasteiger partial charge is 0.260 e. The van der Waals surface area contributed by atoms with Crippen molar-refractivity contribution in [3.63, 3.8) is 0 Å². The number of rotatable bonds is 8. The number of halogens is 1. The first-order valence-corrected chi connectivity index (χ1v) is 7.81. The molecule has 1 rings (SSSR count). The Bertz CT molecular complexity index is 438. The largest absolute Gasteiger partial charge is 0.481 e. The molecule has 0 aliphatic rings. The van der Waals surface area contributed by atoms with Gasteiger partial charge in [0.2, 0.25) is 0 Å². The van der Waals surface area contributed by atoms with Crippen LogP contribution >= 0.6 is 15.9 Å². The summed E-state index contributed by atoms with van der Waals surface area (Å²) in [4.78, 5) is 11.7. The highest BCUT2D eigenvalue weighted by Gasteiger charge is 2.15. The van der Waals surface area contributed by atoms with Gasteiger partial charge in [0, 0.05) is 23.1 Å². The molecule has 1 amide bonds. The third-order valence-electron chi connectivity index (χ3n) is 2.79. The number of amides is 1. The van der Waals surface area contributed by atoms with Gasteiger partial charge in [0.05, 0.1) is 0 Å². The van der Waals surface area contributed by atoms with E-state index in [1.54, 1.807) is 6.92 Å². The number of likely N-dealkylation sites (N-methyl/N-ethyl adjacent to an activating group) is 1. The summed E-state index contributed by atoms with van der Waals surface area (Å²) >= 11 is 3.46. The van der Waals surface area contributed by atoms with Gasteiger partial charge in [0.25, 0.3) is 5.91 Å². The summed E-state index contributed by atoms with van der Waals surface area (Å²) in [5.74, 6) is 0.651. The molecular formula is C15H23BrN2O2. The van der Waals surface area contributed by atoms with Crippen molar-refractivity contribution in [2.75, 3.05) is 13.1 Å². The third-order valence-corrected chi connectivity index (χ3v) is 3.28. The second-order valence-corrected chi connectivity index (χ2v) is 5.50. The van der Waals surface area contributed by atoms with Crippen LogP contribution in [0.1, 0.15) is 32.8 Å². The van der Waals surface area contributed by atoms with Gasteiger partial charge < -0.3 is 15.4 Å². The number of carbonyl (C=O) groups excluding carboxylic acids is 1. The average Bonchev–Trinajstić information content (AvgIpc) is 2.42. The maximum atomic E-state index is 11.7. The summed E-state index contributed by atoms with van der Waals surface area (Å²) in [6.07, 6.45) is 0.584. The molecule has 0 saturated heterocycles. The van der Waals surface area contributed by atoms with Gasteiger partial charge in [-0.25, -0.2) is 0 Å². The Morgan fingerprint density at radius 2 is 2.15 bits per heavy atom. The second kappa shape index (κ2) is 8.97. The number of benzene rings is 1. The zero-order valence-electron chi connectivity index (χ0n) is 12.3. The lowest BCUT2D eigenvalue weighted by molar-refractivity contribution is -0.127. The minimum absolute atomic E-state index is 0.0945. The van der Waals surface area contributed by atoms with Gasteiger partial charge in [-0.3, -0.25) is 4.79 Å². The molecule has 20 heavy (non-hydrogen) atoms. The average molecular weight is 343 g/mol. The number of hydrogen-bond acceptors (Lipinski definition) is 3. The normalized spacial score (nSPS) is 12.0. The minimum atomic E-state index is -0.499. The van der Waals surface area contributed by atoms with Crippen molar-refractivity contribution in [2.45, 2.75) is 39.8 Å². The molecule has 4 nitrogen and oxygen atoms in total. The van der Waals surface area contributed by atoms with Crippen molar-refractivity contribution in [2.24, 2.45) is 0 Å². The summed E-state index contributed by atoms with van der Waals surface area (Å²) in [5.41, 5.74) is 1.05. The third kappa shape index (κ3) is 5.51. The molecule has 1 aromatic rings. The zero-order valence-corrected chi connectivity index (χ0v) is 13.9. The summed E-state index contributed by atoms with van der Waals surface area (Å²) < 4.78 is 6.78. The van der Waals surface area contributed by atoms with Crippen LogP contribution in [0.3, 0.4) is 0 Å². The number of carbonyl (C=O) groups is 1. The van der Waals surface area contributed by atoms with E-state index in [9.17, 15) is 4.79 Å². The molecule has 0 aliphatic carbocycles. The predicted octanol–water partition coefficient (Wildman–Crippen LogP) is 2.85. The Labute approximate surface area is 129 Å². The first-order chi connectivity index (χ1) is 9.58. The maximum Gasteiger partial charge on any atom is 0.260 e.